The Labute approximate surface area is 466 Å². The molecule has 0 N–H and O–H groups in total. The molecule has 0 unspecified atom stereocenters. The molecule has 7 heteroatoms. The first-order chi connectivity index (χ1) is 39.4. The van der Waals surface area contributed by atoms with E-state index in [9.17, 15) is 0 Å². The quantitative estimate of drug-likeness (QED) is 0.152. The van der Waals surface area contributed by atoms with Crippen LogP contribution in [0.1, 0.15) is 36.0 Å². The van der Waals surface area contributed by atoms with Gasteiger partial charge in [-0.05, 0) is 24.0 Å². The zero-order valence-corrected chi connectivity index (χ0v) is 45.2. The molecule has 78 heavy (non-hydrogen) atoms. The van der Waals surface area contributed by atoms with Crippen molar-refractivity contribution < 1.29 is 28.2 Å². The maximum absolute atomic E-state index is 8.84. The zero-order chi connectivity index (χ0) is 54.9. The number of rotatable bonds is 8. The number of para-hydroxylation sites is 4. The van der Waals surface area contributed by atoms with E-state index >= 15 is 0 Å². The van der Waals surface area contributed by atoms with Crippen LogP contribution in [0.15, 0.2) is 237 Å². The fourth-order valence-electron chi connectivity index (χ4n) is 12.0. The monoisotopic (exact) mass is 1190 g/mol. The molecule has 5 heterocycles. The van der Waals surface area contributed by atoms with Gasteiger partial charge < -0.3 is 4.40 Å². The molecule has 15 rings (SSSR count). The molecule has 0 spiro atoms. The maximum atomic E-state index is 8.84. The summed E-state index contributed by atoms with van der Waals surface area (Å²) in [6.07, 6.45) is 1.71. The minimum atomic E-state index is -2.42. The number of fused-ring (bicyclic) bond motifs is 10. The van der Waals surface area contributed by atoms with Gasteiger partial charge in [-0.25, -0.2) is 0 Å². The predicted octanol–water partition coefficient (Wildman–Crippen LogP) is 18.5. The zero-order valence-electron chi connectivity index (χ0n) is 46.0. The molecule has 0 radical (unpaired) electrons. The van der Waals surface area contributed by atoms with E-state index in [1.54, 1.807) is 12.3 Å². The van der Waals surface area contributed by atoms with Gasteiger partial charge in [0.05, 0.1) is 16.6 Å². The van der Waals surface area contributed by atoms with Crippen molar-refractivity contribution in [3.05, 3.63) is 252 Å². The summed E-state index contributed by atoms with van der Waals surface area (Å²) >= 11 is 2.50. The van der Waals surface area contributed by atoms with Crippen LogP contribution < -0.4 is 4.74 Å². The van der Waals surface area contributed by atoms with Crippen molar-refractivity contribution in [3.63, 3.8) is 0 Å². The molecule has 0 saturated carbocycles. The van der Waals surface area contributed by atoms with E-state index in [0.717, 1.165) is 92.3 Å². The Morgan fingerprint density at radius 2 is 0.987 bits per heavy atom. The van der Waals surface area contributed by atoms with Crippen molar-refractivity contribution in [2.45, 2.75) is 33.0 Å². The van der Waals surface area contributed by atoms with Crippen LogP contribution in [0.5, 0.6) is 11.5 Å². The van der Waals surface area contributed by atoms with Crippen LogP contribution in [-0.2, 0) is 24.8 Å². The summed E-state index contributed by atoms with van der Waals surface area (Å²) < 4.78 is 43.7. The first-order valence-electron chi connectivity index (χ1n) is 27.8. The Bertz CT molecular complexity index is 5010. The molecule has 0 saturated heterocycles. The molecule has 0 atom stereocenters. The number of ether oxygens (including phenoxy) is 1. The van der Waals surface area contributed by atoms with Crippen LogP contribution in [0, 0.1) is 10.7 Å². The van der Waals surface area contributed by atoms with Gasteiger partial charge in [0.15, 0.2) is 0 Å². The number of pyridine rings is 1. The summed E-state index contributed by atoms with van der Waals surface area (Å²) in [7, 11) is 0. The topological polar surface area (TPSA) is 41.3 Å². The van der Waals surface area contributed by atoms with Crippen LogP contribution in [-0.4, -0.2) is 23.1 Å². The average Bonchev–Trinajstić information content (AvgIpc) is 2.08. The van der Waals surface area contributed by atoms with Crippen molar-refractivity contribution in [1.82, 2.24) is 23.1 Å². The Kier molecular flexibility index (Phi) is 9.79. The van der Waals surface area contributed by atoms with E-state index in [2.05, 4.69) is 240 Å². The van der Waals surface area contributed by atoms with Crippen molar-refractivity contribution >= 4 is 70.9 Å². The van der Waals surface area contributed by atoms with Crippen molar-refractivity contribution in [2.24, 2.45) is 0 Å². The Morgan fingerprint density at radius 3 is 1.67 bits per heavy atom. The summed E-state index contributed by atoms with van der Waals surface area (Å²) in [5.74, 6) is 1.78. The molecule has 0 aliphatic rings. The molecule has 376 valence electrons. The van der Waals surface area contributed by atoms with Gasteiger partial charge in [0.2, 0.25) is 0 Å². The first-order valence-corrected chi connectivity index (χ1v) is 27.5. The van der Waals surface area contributed by atoms with Crippen LogP contribution in [0.25, 0.3) is 122 Å². The normalized spacial score (nSPS) is 12.9. The van der Waals surface area contributed by atoms with E-state index in [0.29, 0.717) is 22.9 Å². The average molecular weight is 1190 g/mol. The molecule has 15 aromatic rings. The van der Waals surface area contributed by atoms with E-state index in [1.165, 1.54) is 27.2 Å². The summed E-state index contributed by atoms with van der Waals surface area (Å²) in [5, 5.41) is 6.75. The molecule has 0 aliphatic heterocycles. The third-order valence-electron chi connectivity index (χ3n) is 15.7. The van der Waals surface area contributed by atoms with Gasteiger partial charge in [0, 0.05) is 37.4 Å². The second kappa shape index (κ2) is 17.7. The molecular weight excluding hydrogens is 1130 g/mol. The molecule has 0 aliphatic carbocycles. The molecular formula is C71H51N5OPt. The SMILES string of the molecule is [2H]C([2H])([2H])c1cc(-n2c3cc(Oc4cccc(-n5[c](=[Pt])n(-c6c(-c7ccccc7)cc(C(C)(C)C)cc6-c6ccccc6)c6ccccc65)c4)ccc3c3cc4c5cccc6c7ccccc7n(c4cc32)c65)ncc1-c1ccccc1. The Morgan fingerprint density at radius 1 is 0.436 bits per heavy atom. The summed E-state index contributed by atoms with van der Waals surface area (Å²) in [6, 6.07) is 80.5. The standard InChI is InChI=1S/C71H51N5O.Pt/c1-45-36-68(72-43-61(45)48-24-12-7-13-25-48)75-65-40-52(34-35-54(65)59-41-60-56-30-19-29-55-53-28-14-15-31-62(53)76(70(55)56)67(60)42-66(59)75)77-51-27-18-26-50(39-51)73-44-74(64-33-17-16-32-63(64)73)69-57(46-20-8-5-9-21-46)37-49(71(2,3)4)38-58(69)47-22-10-6-11-23-47;/h5-43H,1-4H3;/i1D3;. The number of benzene rings is 10. The third-order valence-corrected chi connectivity index (χ3v) is 16.7. The number of imidazole rings is 1. The van der Waals surface area contributed by atoms with Crippen molar-refractivity contribution in [2.75, 3.05) is 0 Å². The molecule has 5 aromatic heterocycles. The Hall–Kier alpha value is -9.09. The van der Waals surface area contributed by atoms with Crippen LogP contribution in [0.4, 0.5) is 0 Å². The third kappa shape index (κ3) is 7.20. The summed E-state index contributed by atoms with van der Waals surface area (Å²) in [4.78, 5) is 5.12. The smallest absolute Gasteiger partial charge is 0.0622 e. The number of hydrogen-bond donors (Lipinski definition) is 0. The fourth-order valence-corrected chi connectivity index (χ4v) is 13.1. The molecule has 0 fully saturated rings. The minimum Gasteiger partial charge on any atom is -0.0622 e. The number of hydrogen-bond acceptors (Lipinski definition) is 2. The Balaban J connectivity index is 0.912. The molecule has 6 nitrogen and oxygen atoms in total. The number of nitrogens with zero attached hydrogens (tertiary/aromatic N) is 5. The van der Waals surface area contributed by atoms with Gasteiger partial charge >= 0.3 is 320 Å². The first kappa shape index (κ1) is 43.1. The van der Waals surface area contributed by atoms with Crippen LogP contribution in [0.3, 0.4) is 0 Å². The predicted molar refractivity (Wildman–Crippen MR) is 319 cm³/mol. The van der Waals surface area contributed by atoms with Crippen LogP contribution >= 0.6 is 0 Å². The summed E-state index contributed by atoms with van der Waals surface area (Å²) in [6.45, 7) is 4.43. The van der Waals surface area contributed by atoms with Gasteiger partial charge in [-0.2, -0.15) is 0 Å². The van der Waals surface area contributed by atoms with E-state index in [-0.39, 0.29) is 11.0 Å². The van der Waals surface area contributed by atoms with E-state index in [1.807, 2.05) is 42.5 Å². The minimum absolute atomic E-state index is 0.105. The van der Waals surface area contributed by atoms with Crippen molar-refractivity contribution in [3.8, 4) is 62.1 Å². The molecule has 10 aromatic carbocycles. The van der Waals surface area contributed by atoms with Gasteiger partial charge in [0.25, 0.3) is 0 Å². The molecule has 0 bridgehead atoms. The van der Waals surface area contributed by atoms with Gasteiger partial charge in [-0.15, -0.1) is 0 Å². The summed E-state index contributed by atoms with van der Waals surface area (Å²) in [5.41, 5.74) is 16.6. The van der Waals surface area contributed by atoms with Gasteiger partial charge in [-0.1, -0.05) is 66.7 Å². The fraction of sp³-hybridized carbons (Fsp3) is 0.0704. The van der Waals surface area contributed by atoms with Crippen molar-refractivity contribution in [1.29, 1.82) is 0 Å². The second-order valence-corrected chi connectivity index (χ2v) is 22.3. The van der Waals surface area contributed by atoms with E-state index in [4.69, 9.17) is 13.8 Å². The van der Waals surface area contributed by atoms with Gasteiger partial charge in [0.1, 0.15) is 0 Å². The molecule has 0 amide bonds. The van der Waals surface area contributed by atoms with Crippen LogP contribution in [0.2, 0.25) is 0 Å². The number of aryl methyl sites for hydroxylation is 1. The number of aromatic nitrogens is 5. The van der Waals surface area contributed by atoms with Gasteiger partial charge in [-0.3, -0.25) is 0 Å². The van der Waals surface area contributed by atoms with E-state index < -0.39 is 6.85 Å². The second-order valence-electron chi connectivity index (χ2n) is 21.3.